The topological polar surface area (TPSA) is 48.5 Å². The second-order valence-corrected chi connectivity index (χ2v) is 6.05. The number of piperidine rings is 1. The van der Waals surface area contributed by atoms with E-state index < -0.39 is 0 Å². The summed E-state index contributed by atoms with van der Waals surface area (Å²) in [6, 6.07) is 5.98. The molecule has 21 heavy (non-hydrogen) atoms. The predicted molar refractivity (Wildman–Crippen MR) is 83.2 cm³/mol. The molecular formula is C16H24N4O. The SMILES string of the molecule is CC1CCCNC1C(=O)N1CCN(c2ccccn2)CC1. The van der Waals surface area contributed by atoms with Gasteiger partial charge in [-0.15, -0.1) is 0 Å². The molecule has 5 nitrogen and oxygen atoms in total. The van der Waals surface area contributed by atoms with E-state index in [0.29, 0.717) is 5.92 Å². The van der Waals surface area contributed by atoms with Crippen LogP contribution in [0.1, 0.15) is 19.8 Å². The number of aromatic nitrogens is 1. The van der Waals surface area contributed by atoms with Crippen LogP contribution in [0.3, 0.4) is 0 Å². The number of carbonyl (C=O) groups is 1. The second kappa shape index (κ2) is 6.43. The van der Waals surface area contributed by atoms with Crippen molar-refractivity contribution in [1.82, 2.24) is 15.2 Å². The van der Waals surface area contributed by atoms with E-state index in [-0.39, 0.29) is 11.9 Å². The molecule has 1 aromatic heterocycles. The summed E-state index contributed by atoms with van der Waals surface area (Å²) in [6.07, 6.45) is 4.15. The van der Waals surface area contributed by atoms with E-state index in [1.807, 2.05) is 29.3 Å². The summed E-state index contributed by atoms with van der Waals surface area (Å²) in [5.74, 6) is 1.73. The van der Waals surface area contributed by atoms with Gasteiger partial charge in [0.1, 0.15) is 5.82 Å². The van der Waals surface area contributed by atoms with E-state index in [9.17, 15) is 4.79 Å². The van der Waals surface area contributed by atoms with Gasteiger partial charge in [-0.3, -0.25) is 4.79 Å². The van der Waals surface area contributed by atoms with Crippen molar-refractivity contribution in [3.8, 4) is 0 Å². The van der Waals surface area contributed by atoms with Crippen LogP contribution in [0.4, 0.5) is 5.82 Å². The van der Waals surface area contributed by atoms with E-state index in [2.05, 4.69) is 22.1 Å². The van der Waals surface area contributed by atoms with Gasteiger partial charge in [-0.1, -0.05) is 13.0 Å². The number of anilines is 1. The molecule has 3 heterocycles. The first kappa shape index (κ1) is 14.3. The standard InChI is InChI=1S/C16H24N4O/c1-13-5-4-8-18-15(13)16(21)20-11-9-19(10-12-20)14-6-2-3-7-17-14/h2-3,6-7,13,15,18H,4-5,8-12H2,1H3. The van der Waals surface area contributed by atoms with Crippen molar-refractivity contribution in [1.29, 1.82) is 0 Å². The highest BCUT2D eigenvalue weighted by Gasteiger charge is 2.32. The number of nitrogens with zero attached hydrogens (tertiary/aromatic N) is 3. The Labute approximate surface area is 126 Å². The van der Waals surface area contributed by atoms with Gasteiger partial charge < -0.3 is 15.1 Å². The highest BCUT2D eigenvalue weighted by molar-refractivity contribution is 5.82. The number of piperazine rings is 1. The van der Waals surface area contributed by atoms with Crippen molar-refractivity contribution < 1.29 is 4.79 Å². The molecule has 0 spiro atoms. The van der Waals surface area contributed by atoms with Crippen molar-refractivity contribution in [2.45, 2.75) is 25.8 Å². The number of carbonyl (C=O) groups excluding carboxylic acids is 1. The highest BCUT2D eigenvalue weighted by atomic mass is 16.2. The number of rotatable bonds is 2. The van der Waals surface area contributed by atoms with Gasteiger partial charge in [-0.2, -0.15) is 0 Å². The summed E-state index contributed by atoms with van der Waals surface area (Å²) in [5.41, 5.74) is 0. The van der Waals surface area contributed by atoms with Gasteiger partial charge in [0, 0.05) is 32.4 Å². The molecule has 1 N–H and O–H groups in total. The summed E-state index contributed by atoms with van der Waals surface area (Å²) in [5, 5.41) is 3.39. The maximum absolute atomic E-state index is 12.6. The van der Waals surface area contributed by atoms with E-state index in [0.717, 1.165) is 45.0 Å². The Morgan fingerprint density at radius 1 is 1.29 bits per heavy atom. The lowest BCUT2D eigenvalue weighted by Crippen LogP contribution is -2.57. The molecule has 1 aromatic rings. The quantitative estimate of drug-likeness (QED) is 0.886. The Balaban J connectivity index is 1.57. The monoisotopic (exact) mass is 288 g/mol. The first-order valence-electron chi connectivity index (χ1n) is 7.94. The number of hydrogen-bond acceptors (Lipinski definition) is 4. The zero-order valence-corrected chi connectivity index (χ0v) is 12.7. The van der Waals surface area contributed by atoms with Gasteiger partial charge in [-0.05, 0) is 37.4 Å². The second-order valence-electron chi connectivity index (χ2n) is 6.05. The molecule has 2 aliphatic heterocycles. The van der Waals surface area contributed by atoms with Crippen LogP contribution in [-0.2, 0) is 4.79 Å². The van der Waals surface area contributed by atoms with Crippen LogP contribution in [0, 0.1) is 5.92 Å². The van der Waals surface area contributed by atoms with Crippen molar-refractivity contribution in [2.24, 2.45) is 5.92 Å². The lowest BCUT2D eigenvalue weighted by molar-refractivity contribution is -0.135. The van der Waals surface area contributed by atoms with Gasteiger partial charge in [-0.25, -0.2) is 4.98 Å². The first-order valence-corrected chi connectivity index (χ1v) is 7.94. The molecule has 2 unspecified atom stereocenters. The van der Waals surface area contributed by atoms with Crippen LogP contribution in [0.25, 0.3) is 0 Å². The van der Waals surface area contributed by atoms with E-state index in [4.69, 9.17) is 0 Å². The molecule has 2 fully saturated rings. The summed E-state index contributed by atoms with van der Waals surface area (Å²) in [4.78, 5) is 21.3. The number of pyridine rings is 1. The molecule has 114 valence electrons. The molecule has 2 aliphatic rings. The fourth-order valence-electron chi connectivity index (χ4n) is 3.27. The summed E-state index contributed by atoms with van der Waals surface area (Å²) in [7, 11) is 0. The van der Waals surface area contributed by atoms with Crippen LogP contribution in [0.5, 0.6) is 0 Å². The first-order chi connectivity index (χ1) is 10.3. The Bertz CT molecular complexity index is 470. The van der Waals surface area contributed by atoms with E-state index in [1.54, 1.807) is 0 Å². The van der Waals surface area contributed by atoms with Gasteiger partial charge >= 0.3 is 0 Å². The molecule has 5 heteroatoms. The lowest BCUT2D eigenvalue weighted by atomic mass is 9.91. The maximum Gasteiger partial charge on any atom is 0.240 e. The van der Waals surface area contributed by atoms with E-state index in [1.165, 1.54) is 6.42 Å². The summed E-state index contributed by atoms with van der Waals surface area (Å²) >= 11 is 0. The van der Waals surface area contributed by atoms with Crippen molar-refractivity contribution in [2.75, 3.05) is 37.6 Å². The van der Waals surface area contributed by atoms with Gasteiger partial charge in [0.15, 0.2) is 0 Å². The van der Waals surface area contributed by atoms with Crippen LogP contribution in [0.2, 0.25) is 0 Å². The molecule has 2 saturated heterocycles. The summed E-state index contributed by atoms with van der Waals surface area (Å²) in [6.45, 7) is 6.46. The Kier molecular flexibility index (Phi) is 4.39. The Morgan fingerprint density at radius 2 is 2.10 bits per heavy atom. The largest absolute Gasteiger partial charge is 0.353 e. The van der Waals surface area contributed by atoms with E-state index >= 15 is 0 Å². The molecular weight excluding hydrogens is 264 g/mol. The van der Waals surface area contributed by atoms with Crippen molar-refractivity contribution in [3.63, 3.8) is 0 Å². The van der Waals surface area contributed by atoms with Gasteiger partial charge in [0.25, 0.3) is 0 Å². The minimum Gasteiger partial charge on any atom is -0.353 e. The van der Waals surface area contributed by atoms with Crippen LogP contribution >= 0.6 is 0 Å². The summed E-state index contributed by atoms with van der Waals surface area (Å²) < 4.78 is 0. The molecule has 0 saturated carbocycles. The number of nitrogens with one attached hydrogen (secondary N) is 1. The average Bonchev–Trinajstić information content (AvgIpc) is 2.56. The fourth-order valence-corrected chi connectivity index (χ4v) is 3.27. The third-order valence-electron chi connectivity index (χ3n) is 4.60. The molecule has 3 rings (SSSR count). The minimum atomic E-state index is 0.0140. The van der Waals surface area contributed by atoms with Crippen molar-refractivity contribution in [3.05, 3.63) is 24.4 Å². The smallest absolute Gasteiger partial charge is 0.240 e. The Morgan fingerprint density at radius 3 is 2.76 bits per heavy atom. The molecule has 0 bridgehead atoms. The average molecular weight is 288 g/mol. The minimum absolute atomic E-state index is 0.0140. The van der Waals surface area contributed by atoms with Gasteiger partial charge in [0.05, 0.1) is 6.04 Å². The molecule has 0 aliphatic carbocycles. The predicted octanol–water partition coefficient (Wildman–Crippen LogP) is 1.12. The van der Waals surface area contributed by atoms with Gasteiger partial charge in [0.2, 0.25) is 5.91 Å². The zero-order valence-electron chi connectivity index (χ0n) is 12.7. The number of amides is 1. The van der Waals surface area contributed by atoms with Crippen molar-refractivity contribution >= 4 is 11.7 Å². The third kappa shape index (κ3) is 3.18. The molecule has 0 aromatic carbocycles. The van der Waals surface area contributed by atoms with Crippen LogP contribution in [0.15, 0.2) is 24.4 Å². The molecule has 0 radical (unpaired) electrons. The lowest BCUT2D eigenvalue weighted by Gasteiger charge is -2.39. The normalized spacial score (nSPS) is 26.7. The maximum atomic E-state index is 12.6. The van der Waals surface area contributed by atoms with Crippen LogP contribution < -0.4 is 10.2 Å². The molecule has 1 amide bonds. The molecule has 2 atom stereocenters. The zero-order chi connectivity index (χ0) is 14.7. The Hall–Kier alpha value is -1.62. The number of hydrogen-bond donors (Lipinski definition) is 1. The fraction of sp³-hybridized carbons (Fsp3) is 0.625. The van der Waals surface area contributed by atoms with Crippen LogP contribution in [-0.4, -0.2) is 54.6 Å². The highest BCUT2D eigenvalue weighted by Crippen LogP contribution is 2.19. The third-order valence-corrected chi connectivity index (χ3v) is 4.60.